The summed E-state index contributed by atoms with van der Waals surface area (Å²) in [4.78, 5) is 20.7. The van der Waals surface area contributed by atoms with Crippen LogP contribution in [-0.4, -0.2) is 29.5 Å². The minimum atomic E-state index is -0.0341. The highest BCUT2D eigenvalue weighted by Gasteiger charge is 2.08. The molecular formula is C19H20N4O2S. The fraction of sp³-hybridized carbons (Fsp3) is 0.211. The number of nitrogens with zero attached hydrogens (tertiary/aromatic N) is 2. The Balaban J connectivity index is 1.43. The molecule has 0 saturated carbocycles. The third kappa shape index (κ3) is 5.29. The highest BCUT2D eigenvalue weighted by atomic mass is 32.1. The van der Waals surface area contributed by atoms with Crippen molar-refractivity contribution < 1.29 is 9.53 Å². The number of ether oxygens (including phenoxy) is 1. The Morgan fingerprint density at radius 2 is 2.04 bits per heavy atom. The first-order valence-corrected chi connectivity index (χ1v) is 9.13. The average Bonchev–Trinajstić information content (AvgIpc) is 3.10. The van der Waals surface area contributed by atoms with Crippen molar-refractivity contribution in [3.8, 4) is 5.75 Å². The topological polar surface area (TPSA) is 76.1 Å². The van der Waals surface area contributed by atoms with E-state index in [2.05, 4.69) is 20.6 Å². The second kappa shape index (κ2) is 8.96. The van der Waals surface area contributed by atoms with E-state index in [9.17, 15) is 4.79 Å². The van der Waals surface area contributed by atoms with Crippen molar-refractivity contribution in [2.24, 2.45) is 0 Å². The monoisotopic (exact) mass is 368 g/mol. The number of carbonyl (C=O) groups excluding carboxylic acids is 1. The van der Waals surface area contributed by atoms with Crippen LogP contribution in [-0.2, 0) is 17.6 Å². The van der Waals surface area contributed by atoms with Gasteiger partial charge in [-0.3, -0.25) is 4.79 Å². The van der Waals surface area contributed by atoms with Crippen molar-refractivity contribution in [2.75, 3.05) is 19.0 Å². The largest absolute Gasteiger partial charge is 0.497 e. The molecule has 0 aliphatic rings. The first kappa shape index (κ1) is 17.9. The van der Waals surface area contributed by atoms with Crippen LogP contribution >= 0.6 is 11.3 Å². The quantitative estimate of drug-likeness (QED) is 0.639. The van der Waals surface area contributed by atoms with E-state index in [-0.39, 0.29) is 12.3 Å². The Morgan fingerprint density at radius 1 is 1.19 bits per heavy atom. The number of carbonyl (C=O) groups is 1. The zero-order chi connectivity index (χ0) is 18.2. The van der Waals surface area contributed by atoms with E-state index in [1.807, 2.05) is 47.8 Å². The molecule has 2 aromatic heterocycles. The van der Waals surface area contributed by atoms with Crippen LogP contribution in [0.5, 0.6) is 5.75 Å². The second-order valence-corrected chi connectivity index (χ2v) is 6.47. The van der Waals surface area contributed by atoms with Crippen LogP contribution in [0.2, 0.25) is 0 Å². The van der Waals surface area contributed by atoms with Gasteiger partial charge >= 0.3 is 0 Å². The van der Waals surface area contributed by atoms with E-state index in [0.29, 0.717) is 6.54 Å². The lowest BCUT2D eigenvalue weighted by Crippen LogP contribution is -2.27. The number of aromatic nitrogens is 2. The number of anilines is 2. The van der Waals surface area contributed by atoms with Crippen LogP contribution in [0.3, 0.4) is 0 Å². The molecule has 0 fully saturated rings. The van der Waals surface area contributed by atoms with Gasteiger partial charge in [0.05, 0.1) is 19.2 Å². The van der Waals surface area contributed by atoms with Crippen molar-refractivity contribution in [3.05, 3.63) is 65.3 Å². The molecule has 2 N–H and O–H groups in total. The molecule has 0 saturated heterocycles. The SMILES string of the molecule is COc1ccc(CCNC(=O)Cc2csc(Nc3ccccn3)n2)cc1. The summed E-state index contributed by atoms with van der Waals surface area (Å²) in [5, 5.41) is 8.66. The lowest BCUT2D eigenvalue weighted by atomic mass is 10.1. The van der Waals surface area contributed by atoms with E-state index in [0.717, 1.165) is 34.4 Å². The van der Waals surface area contributed by atoms with Gasteiger partial charge in [0.2, 0.25) is 5.91 Å². The van der Waals surface area contributed by atoms with Gasteiger partial charge in [-0.05, 0) is 36.2 Å². The molecule has 0 radical (unpaired) electrons. The number of hydrogen-bond donors (Lipinski definition) is 2. The van der Waals surface area contributed by atoms with Crippen molar-refractivity contribution in [1.82, 2.24) is 15.3 Å². The van der Waals surface area contributed by atoms with Crippen molar-refractivity contribution >= 4 is 28.2 Å². The first-order chi connectivity index (χ1) is 12.7. The molecular weight excluding hydrogens is 348 g/mol. The van der Waals surface area contributed by atoms with Crippen LogP contribution in [0.25, 0.3) is 0 Å². The maximum absolute atomic E-state index is 12.1. The first-order valence-electron chi connectivity index (χ1n) is 8.25. The normalized spacial score (nSPS) is 10.3. The van der Waals surface area contributed by atoms with Crippen LogP contribution in [0.1, 0.15) is 11.3 Å². The van der Waals surface area contributed by atoms with E-state index in [1.165, 1.54) is 11.3 Å². The molecule has 0 aliphatic carbocycles. The van der Waals surface area contributed by atoms with Crippen LogP contribution in [0, 0.1) is 0 Å². The Morgan fingerprint density at radius 3 is 2.77 bits per heavy atom. The third-order valence-corrected chi connectivity index (χ3v) is 4.49. The fourth-order valence-electron chi connectivity index (χ4n) is 2.36. The van der Waals surface area contributed by atoms with Gasteiger partial charge in [-0.15, -0.1) is 11.3 Å². The number of pyridine rings is 1. The number of methoxy groups -OCH3 is 1. The molecule has 3 aromatic rings. The predicted octanol–water partition coefficient (Wildman–Crippen LogP) is 3.19. The van der Waals surface area contributed by atoms with Gasteiger partial charge in [-0.1, -0.05) is 18.2 Å². The highest BCUT2D eigenvalue weighted by Crippen LogP contribution is 2.19. The smallest absolute Gasteiger partial charge is 0.226 e. The molecule has 6 nitrogen and oxygen atoms in total. The van der Waals surface area contributed by atoms with Gasteiger partial charge in [0, 0.05) is 18.1 Å². The molecule has 3 rings (SSSR count). The van der Waals surface area contributed by atoms with Gasteiger partial charge in [-0.2, -0.15) is 0 Å². The number of rotatable bonds is 8. The summed E-state index contributed by atoms with van der Waals surface area (Å²) in [5.74, 6) is 1.53. The third-order valence-electron chi connectivity index (χ3n) is 3.69. The molecule has 0 atom stereocenters. The molecule has 0 spiro atoms. The molecule has 134 valence electrons. The van der Waals surface area contributed by atoms with Gasteiger partial charge in [0.15, 0.2) is 5.13 Å². The summed E-state index contributed by atoms with van der Waals surface area (Å²) >= 11 is 1.46. The Kier molecular flexibility index (Phi) is 6.16. The number of amides is 1. The average molecular weight is 368 g/mol. The van der Waals surface area contributed by atoms with Crippen molar-refractivity contribution in [1.29, 1.82) is 0 Å². The van der Waals surface area contributed by atoms with E-state index in [1.54, 1.807) is 13.3 Å². The Labute approximate surface area is 156 Å². The van der Waals surface area contributed by atoms with E-state index < -0.39 is 0 Å². The fourth-order valence-corrected chi connectivity index (χ4v) is 3.07. The molecule has 7 heteroatoms. The molecule has 1 aromatic carbocycles. The lowest BCUT2D eigenvalue weighted by molar-refractivity contribution is -0.120. The number of nitrogens with one attached hydrogen (secondary N) is 2. The minimum absolute atomic E-state index is 0.0341. The second-order valence-electron chi connectivity index (χ2n) is 5.61. The van der Waals surface area contributed by atoms with E-state index in [4.69, 9.17) is 4.74 Å². The zero-order valence-electron chi connectivity index (χ0n) is 14.4. The predicted molar refractivity (Wildman–Crippen MR) is 103 cm³/mol. The number of hydrogen-bond acceptors (Lipinski definition) is 6. The van der Waals surface area contributed by atoms with Gasteiger partial charge in [-0.25, -0.2) is 9.97 Å². The van der Waals surface area contributed by atoms with Crippen molar-refractivity contribution in [3.63, 3.8) is 0 Å². The highest BCUT2D eigenvalue weighted by molar-refractivity contribution is 7.13. The summed E-state index contributed by atoms with van der Waals surface area (Å²) in [6.45, 7) is 0.592. The van der Waals surface area contributed by atoms with E-state index >= 15 is 0 Å². The molecule has 26 heavy (non-hydrogen) atoms. The molecule has 0 unspecified atom stereocenters. The van der Waals surface area contributed by atoms with Crippen LogP contribution in [0.4, 0.5) is 10.9 Å². The zero-order valence-corrected chi connectivity index (χ0v) is 15.3. The minimum Gasteiger partial charge on any atom is -0.497 e. The summed E-state index contributed by atoms with van der Waals surface area (Å²) in [6.07, 6.45) is 2.76. The van der Waals surface area contributed by atoms with Gasteiger partial charge in [0.1, 0.15) is 11.6 Å². The standard InChI is InChI=1S/C19H20N4O2S/c1-25-16-7-5-14(6-8-16)9-11-21-18(24)12-15-13-26-19(22-15)23-17-4-2-3-10-20-17/h2-8,10,13H,9,11-12H2,1H3,(H,21,24)(H,20,22,23). The van der Waals surface area contributed by atoms with Gasteiger partial charge < -0.3 is 15.4 Å². The van der Waals surface area contributed by atoms with Gasteiger partial charge in [0.25, 0.3) is 0 Å². The number of thiazole rings is 1. The van der Waals surface area contributed by atoms with Crippen LogP contribution in [0.15, 0.2) is 54.0 Å². The summed E-state index contributed by atoms with van der Waals surface area (Å²) in [5.41, 5.74) is 1.90. The summed E-state index contributed by atoms with van der Waals surface area (Å²) in [7, 11) is 1.64. The lowest BCUT2D eigenvalue weighted by Gasteiger charge is -2.05. The molecule has 0 aliphatic heterocycles. The maximum atomic E-state index is 12.1. The molecule has 2 heterocycles. The maximum Gasteiger partial charge on any atom is 0.226 e. The van der Waals surface area contributed by atoms with Crippen LogP contribution < -0.4 is 15.4 Å². The summed E-state index contributed by atoms with van der Waals surface area (Å²) in [6, 6.07) is 13.5. The summed E-state index contributed by atoms with van der Waals surface area (Å²) < 4.78 is 5.13. The van der Waals surface area contributed by atoms with Crippen molar-refractivity contribution in [2.45, 2.75) is 12.8 Å². The number of benzene rings is 1. The Hall–Kier alpha value is -2.93. The molecule has 1 amide bonds. The molecule has 0 bridgehead atoms. The Bertz CT molecular complexity index is 834.